The van der Waals surface area contributed by atoms with Crippen LogP contribution in [-0.4, -0.2) is 49.7 Å². The summed E-state index contributed by atoms with van der Waals surface area (Å²) < 4.78 is 45.0. The molecule has 0 bridgehead atoms. The van der Waals surface area contributed by atoms with Gasteiger partial charge in [-0.15, -0.1) is 0 Å². The molecule has 7 heteroatoms. The summed E-state index contributed by atoms with van der Waals surface area (Å²) in [5, 5.41) is 9.16. The van der Waals surface area contributed by atoms with Gasteiger partial charge in [0, 0.05) is 13.1 Å². The lowest BCUT2D eigenvalue weighted by Crippen LogP contribution is -2.50. The van der Waals surface area contributed by atoms with E-state index in [0.717, 1.165) is 6.07 Å². The molecule has 1 saturated heterocycles. The number of nitrogens with zero attached hydrogens (tertiary/aromatic N) is 1. The third-order valence-corrected chi connectivity index (χ3v) is 5.24. The van der Waals surface area contributed by atoms with Gasteiger partial charge in [-0.25, -0.2) is 12.8 Å². The Labute approximate surface area is 118 Å². The highest BCUT2D eigenvalue weighted by Gasteiger charge is 2.34. The van der Waals surface area contributed by atoms with Crippen LogP contribution < -0.4 is 0 Å². The van der Waals surface area contributed by atoms with Gasteiger partial charge >= 0.3 is 0 Å². The van der Waals surface area contributed by atoms with Gasteiger partial charge in [-0.3, -0.25) is 0 Å². The van der Waals surface area contributed by atoms with Crippen LogP contribution in [0.3, 0.4) is 0 Å². The van der Waals surface area contributed by atoms with Crippen molar-refractivity contribution in [2.75, 3.05) is 19.7 Å². The lowest BCUT2D eigenvalue weighted by atomic mass is 10.2. The van der Waals surface area contributed by atoms with Crippen molar-refractivity contribution in [2.45, 2.75) is 31.0 Å². The summed E-state index contributed by atoms with van der Waals surface area (Å²) >= 11 is 0. The first-order valence-electron chi connectivity index (χ1n) is 6.37. The lowest BCUT2D eigenvalue weighted by Gasteiger charge is -2.35. The van der Waals surface area contributed by atoms with Crippen LogP contribution in [0, 0.1) is 12.7 Å². The van der Waals surface area contributed by atoms with Gasteiger partial charge < -0.3 is 9.84 Å². The second-order valence-electron chi connectivity index (χ2n) is 4.98. The lowest BCUT2D eigenvalue weighted by molar-refractivity contribution is -0.0750. The van der Waals surface area contributed by atoms with Crippen LogP contribution in [0.5, 0.6) is 0 Å². The highest BCUT2D eigenvalue weighted by Crippen LogP contribution is 2.24. The second kappa shape index (κ2) is 5.77. The molecule has 1 aliphatic heterocycles. The Morgan fingerprint density at radius 3 is 2.75 bits per heavy atom. The van der Waals surface area contributed by atoms with Gasteiger partial charge in [0.2, 0.25) is 10.0 Å². The van der Waals surface area contributed by atoms with Gasteiger partial charge in [0.05, 0.1) is 23.7 Å². The number of hydrogen-bond donors (Lipinski definition) is 1. The third kappa shape index (κ3) is 3.01. The molecule has 2 unspecified atom stereocenters. The van der Waals surface area contributed by atoms with Gasteiger partial charge in [0.15, 0.2) is 0 Å². The highest BCUT2D eigenvalue weighted by molar-refractivity contribution is 7.89. The monoisotopic (exact) mass is 303 g/mol. The normalized spacial score (nSPS) is 24.8. The molecule has 1 N–H and O–H groups in total. The maximum absolute atomic E-state index is 13.1. The fraction of sp³-hybridized carbons (Fsp3) is 0.538. The molecule has 1 aromatic carbocycles. The minimum atomic E-state index is -3.71. The molecule has 1 aromatic rings. The van der Waals surface area contributed by atoms with Gasteiger partial charge in [0.1, 0.15) is 5.82 Å². The van der Waals surface area contributed by atoms with Crippen molar-refractivity contribution in [3.63, 3.8) is 0 Å². The molecule has 20 heavy (non-hydrogen) atoms. The molecule has 0 spiro atoms. The first-order valence-corrected chi connectivity index (χ1v) is 7.81. The van der Waals surface area contributed by atoms with Crippen LogP contribution in [0.4, 0.5) is 4.39 Å². The number of sulfonamides is 1. The topological polar surface area (TPSA) is 66.8 Å². The molecule has 1 fully saturated rings. The average molecular weight is 303 g/mol. The molecule has 0 aromatic heterocycles. The van der Waals surface area contributed by atoms with Crippen LogP contribution in [0.1, 0.15) is 12.5 Å². The van der Waals surface area contributed by atoms with E-state index in [-0.39, 0.29) is 30.7 Å². The standard InChI is InChI=1S/C13H18FNO4S/c1-9-5-11(14)3-4-13(9)20(17,18)15-6-10(2)19-12(7-15)8-16/h3-5,10,12,16H,6-8H2,1-2H3. The molecular weight excluding hydrogens is 285 g/mol. The van der Waals surface area contributed by atoms with Crippen LogP contribution in [0.15, 0.2) is 23.1 Å². The zero-order valence-corrected chi connectivity index (χ0v) is 12.2. The summed E-state index contributed by atoms with van der Waals surface area (Å²) in [7, 11) is -3.71. The predicted molar refractivity (Wildman–Crippen MR) is 71.3 cm³/mol. The van der Waals surface area contributed by atoms with E-state index in [0.29, 0.717) is 5.56 Å². The predicted octanol–water partition coefficient (Wildman–Crippen LogP) is 0.904. The van der Waals surface area contributed by atoms with E-state index >= 15 is 0 Å². The van der Waals surface area contributed by atoms with Crippen LogP contribution in [0.2, 0.25) is 0 Å². The van der Waals surface area contributed by atoms with E-state index in [4.69, 9.17) is 9.84 Å². The summed E-state index contributed by atoms with van der Waals surface area (Å²) in [6, 6.07) is 3.60. The summed E-state index contributed by atoms with van der Waals surface area (Å²) in [5.74, 6) is -0.468. The molecule has 5 nitrogen and oxygen atoms in total. The van der Waals surface area contributed by atoms with Crippen molar-refractivity contribution in [1.29, 1.82) is 0 Å². The smallest absolute Gasteiger partial charge is 0.243 e. The van der Waals surface area contributed by atoms with E-state index in [1.54, 1.807) is 13.8 Å². The molecule has 1 aliphatic rings. The third-order valence-electron chi connectivity index (χ3n) is 3.25. The van der Waals surface area contributed by atoms with E-state index in [1.807, 2.05) is 0 Å². The SMILES string of the molecule is Cc1cc(F)ccc1S(=O)(=O)N1CC(C)OC(CO)C1. The summed E-state index contributed by atoms with van der Waals surface area (Å²) in [6.07, 6.45) is -0.828. The molecule has 2 atom stereocenters. The van der Waals surface area contributed by atoms with E-state index in [1.165, 1.54) is 16.4 Å². The maximum atomic E-state index is 13.1. The van der Waals surface area contributed by atoms with Crippen molar-refractivity contribution in [3.8, 4) is 0 Å². The number of ether oxygens (including phenoxy) is 1. The summed E-state index contributed by atoms with van der Waals surface area (Å²) in [4.78, 5) is 0.0877. The van der Waals surface area contributed by atoms with Gasteiger partial charge in [-0.2, -0.15) is 4.31 Å². The van der Waals surface area contributed by atoms with Gasteiger partial charge in [-0.1, -0.05) is 0 Å². The number of aryl methyl sites for hydroxylation is 1. The zero-order valence-electron chi connectivity index (χ0n) is 11.4. The molecule has 112 valence electrons. The van der Waals surface area contributed by atoms with Gasteiger partial charge in [-0.05, 0) is 37.6 Å². The zero-order chi connectivity index (χ0) is 14.9. The Kier molecular flexibility index (Phi) is 4.43. The number of morpholine rings is 1. The molecule has 2 rings (SSSR count). The Morgan fingerprint density at radius 2 is 2.15 bits per heavy atom. The molecule has 0 saturated carbocycles. The number of hydrogen-bond acceptors (Lipinski definition) is 4. The van der Waals surface area contributed by atoms with Crippen molar-refractivity contribution in [3.05, 3.63) is 29.6 Å². The number of rotatable bonds is 3. The largest absolute Gasteiger partial charge is 0.394 e. The van der Waals surface area contributed by atoms with Crippen LogP contribution in [0.25, 0.3) is 0 Å². The minimum absolute atomic E-state index is 0.0877. The highest BCUT2D eigenvalue weighted by atomic mass is 32.2. The Bertz CT molecular complexity index is 590. The molecule has 0 aliphatic carbocycles. The summed E-state index contributed by atoms with van der Waals surface area (Å²) in [6.45, 7) is 3.39. The first kappa shape index (κ1) is 15.4. The van der Waals surface area contributed by atoms with E-state index in [2.05, 4.69) is 0 Å². The molecule has 1 heterocycles. The number of aliphatic hydroxyl groups excluding tert-OH is 1. The maximum Gasteiger partial charge on any atom is 0.243 e. The van der Waals surface area contributed by atoms with Crippen LogP contribution in [-0.2, 0) is 14.8 Å². The Balaban J connectivity index is 2.34. The van der Waals surface area contributed by atoms with Crippen molar-refractivity contribution < 1.29 is 22.7 Å². The second-order valence-corrected chi connectivity index (χ2v) is 6.89. The van der Waals surface area contributed by atoms with E-state index < -0.39 is 21.9 Å². The number of halogens is 1. The fourth-order valence-electron chi connectivity index (χ4n) is 2.34. The summed E-state index contributed by atoms with van der Waals surface area (Å²) in [5.41, 5.74) is 0.365. The minimum Gasteiger partial charge on any atom is -0.394 e. The number of benzene rings is 1. The van der Waals surface area contributed by atoms with Gasteiger partial charge in [0.25, 0.3) is 0 Å². The van der Waals surface area contributed by atoms with Crippen molar-refractivity contribution >= 4 is 10.0 Å². The number of aliphatic hydroxyl groups is 1. The van der Waals surface area contributed by atoms with E-state index in [9.17, 15) is 12.8 Å². The quantitative estimate of drug-likeness (QED) is 0.901. The molecule has 0 amide bonds. The first-order chi connectivity index (χ1) is 9.34. The molecular formula is C13H18FNO4S. The van der Waals surface area contributed by atoms with Crippen molar-refractivity contribution in [2.24, 2.45) is 0 Å². The Hall–Kier alpha value is -1.02. The van der Waals surface area contributed by atoms with Crippen molar-refractivity contribution in [1.82, 2.24) is 4.31 Å². The average Bonchev–Trinajstić information content (AvgIpc) is 2.37. The fourth-order valence-corrected chi connectivity index (χ4v) is 4.09. The van der Waals surface area contributed by atoms with Crippen LogP contribution >= 0.6 is 0 Å². The Morgan fingerprint density at radius 1 is 1.45 bits per heavy atom. The molecule has 0 radical (unpaired) electrons.